The molecule has 0 aliphatic carbocycles. The van der Waals surface area contributed by atoms with E-state index in [2.05, 4.69) is 21.2 Å². The number of nitrogens with zero attached hydrogens (tertiary/aromatic N) is 1. The molecule has 2 atom stereocenters. The number of ether oxygens (including phenoxy) is 2. The van der Waals surface area contributed by atoms with Gasteiger partial charge in [-0.1, -0.05) is 81.1 Å². The molecule has 4 aromatic carbocycles. The summed E-state index contributed by atoms with van der Waals surface area (Å²) >= 11 is 22.7. The van der Waals surface area contributed by atoms with Crippen LogP contribution in [0.5, 0.6) is 5.75 Å². The molecule has 228 valence electrons. The van der Waals surface area contributed by atoms with Gasteiger partial charge in [-0.2, -0.15) is 0 Å². The fourth-order valence-electron chi connectivity index (χ4n) is 5.05. The Morgan fingerprint density at radius 3 is 2.41 bits per heavy atom. The van der Waals surface area contributed by atoms with Crippen molar-refractivity contribution >= 4 is 62.5 Å². The first kappa shape index (κ1) is 32.3. The van der Waals surface area contributed by atoms with Crippen LogP contribution in [0, 0.1) is 0 Å². The molecule has 1 heterocycles. The standard InChI is InChI=1S/C34H30BrCl3N2O4/c35-25-9-5-23(6-10-25)21-34(33(42)39-16-15-22-3-1-4-26(36)19-22)31(29-14-11-27(37)20-30(29)38)44-32(40-34)24-7-12-28(13-8-24)43-18-2-17-41/h1,3-14,19-20,31,41H,2,15-18,21H2,(H,39,42)/t31-,34-/m1/s1. The van der Waals surface area contributed by atoms with Crippen LogP contribution in [0.15, 0.2) is 100 Å². The van der Waals surface area contributed by atoms with Gasteiger partial charge in [-0.15, -0.1) is 0 Å². The number of carbonyl (C=O) groups excluding carboxylic acids is 1. The highest BCUT2D eigenvalue weighted by atomic mass is 79.9. The molecule has 44 heavy (non-hydrogen) atoms. The number of hydrogen-bond acceptors (Lipinski definition) is 5. The lowest BCUT2D eigenvalue weighted by Crippen LogP contribution is -2.50. The van der Waals surface area contributed by atoms with Crippen LogP contribution in [0.1, 0.15) is 34.8 Å². The van der Waals surface area contributed by atoms with Gasteiger partial charge in [-0.25, -0.2) is 4.99 Å². The molecule has 0 saturated heterocycles. The van der Waals surface area contributed by atoms with Crippen molar-refractivity contribution in [1.29, 1.82) is 0 Å². The summed E-state index contributed by atoms with van der Waals surface area (Å²) in [6.07, 6.45) is 0.519. The van der Waals surface area contributed by atoms with Gasteiger partial charge in [-0.3, -0.25) is 4.79 Å². The molecular formula is C34H30BrCl3N2O4. The van der Waals surface area contributed by atoms with Crippen LogP contribution in [0.4, 0.5) is 0 Å². The summed E-state index contributed by atoms with van der Waals surface area (Å²) in [5, 5.41) is 13.7. The van der Waals surface area contributed by atoms with Crippen LogP contribution in [0.3, 0.4) is 0 Å². The molecule has 2 N–H and O–H groups in total. The first-order valence-electron chi connectivity index (χ1n) is 14.1. The molecule has 1 amide bonds. The molecule has 0 radical (unpaired) electrons. The summed E-state index contributed by atoms with van der Waals surface area (Å²) < 4.78 is 13.2. The Morgan fingerprint density at radius 1 is 0.955 bits per heavy atom. The van der Waals surface area contributed by atoms with Crippen molar-refractivity contribution in [1.82, 2.24) is 5.32 Å². The van der Waals surface area contributed by atoms with Gasteiger partial charge in [-0.05, 0) is 78.2 Å². The van der Waals surface area contributed by atoms with E-state index in [1.165, 1.54) is 0 Å². The minimum absolute atomic E-state index is 0.0545. The molecule has 0 saturated carbocycles. The highest BCUT2D eigenvalue weighted by Crippen LogP contribution is 2.45. The van der Waals surface area contributed by atoms with Gasteiger partial charge in [0.25, 0.3) is 5.91 Å². The van der Waals surface area contributed by atoms with Crippen LogP contribution in [0.25, 0.3) is 0 Å². The van der Waals surface area contributed by atoms with E-state index < -0.39 is 11.6 Å². The van der Waals surface area contributed by atoms with E-state index in [1.807, 2.05) is 72.8 Å². The predicted octanol–water partition coefficient (Wildman–Crippen LogP) is 8.03. The Labute approximate surface area is 280 Å². The van der Waals surface area contributed by atoms with Gasteiger partial charge in [0, 0.05) is 56.7 Å². The Balaban J connectivity index is 1.53. The quantitative estimate of drug-likeness (QED) is 0.146. The number of aliphatic hydroxyl groups is 1. The van der Waals surface area contributed by atoms with Crippen molar-refractivity contribution in [2.24, 2.45) is 4.99 Å². The highest BCUT2D eigenvalue weighted by Gasteiger charge is 2.53. The van der Waals surface area contributed by atoms with Gasteiger partial charge in [0.2, 0.25) is 5.90 Å². The number of aliphatic hydroxyl groups excluding tert-OH is 1. The van der Waals surface area contributed by atoms with Gasteiger partial charge in [0.1, 0.15) is 5.75 Å². The molecule has 0 spiro atoms. The number of amides is 1. The van der Waals surface area contributed by atoms with Crippen LogP contribution < -0.4 is 10.1 Å². The molecular weight excluding hydrogens is 687 g/mol. The summed E-state index contributed by atoms with van der Waals surface area (Å²) in [5.41, 5.74) is 1.78. The Hall–Kier alpha value is -3.07. The van der Waals surface area contributed by atoms with Crippen molar-refractivity contribution in [3.05, 3.63) is 133 Å². The maximum Gasteiger partial charge on any atom is 0.252 e. The van der Waals surface area contributed by atoms with Crippen LogP contribution >= 0.6 is 50.7 Å². The maximum atomic E-state index is 14.4. The lowest BCUT2D eigenvalue weighted by atomic mass is 9.82. The third kappa shape index (κ3) is 7.76. The zero-order chi connectivity index (χ0) is 31.1. The number of carbonyl (C=O) groups is 1. The van der Waals surface area contributed by atoms with Gasteiger partial charge in [0.05, 0.1) is 6.61 Å². The Bertz CT molecular complexity index is 1630. The maximum absolute atomic E-state index is 14.4. The van der Waals surface area contributed by atoms with Crippen molar-refractivity contribution in [3.63, 3.8) is 0 Å². The van der Waals surface area contributed by atoms with E-state index in [0.717, 1.165) is 15.6 Å². The molecule has 5 rings (SSSR count). The number of nitrogens with one attached hydrogen (secondary N) is 1. The second-order valence-electron chi connectivity index (χ2n) is 10.4. The minimum atomic E-state index is -1.40. The first-order chi connectivity index (χ1) is 21.3. The SMILES string of the molecule is O=C(NCCc1cccc(Cl)c1)[C@]1(Cc2ccc(Br)cc2)N=C(c2ccc(OCCCO)cc2)O[C@@H]1c1ccc(Cl)cc1Cl. The summed E-state index contributed by atoms with van der Waals surface area (Å²) in [4.78, 5) is 19.5. The topological polar surface area (TPSA) is 80.2 Å². The minimum Gasteiger partial charge on any atom is -0.494 e. The summed E-state index contributed by atoms with van der Waals surface area (Å²) in [6.45, 7) is 0.822. The number of halogens is 4. The van der Waals surface area contributed by atoms with Crippen LogP contribution in [0.2, 0.25) is 15.1 Å². The summed E-state index contributed by atoms with van der Waals surface area (Å²) in [5.74, 6) is 0.667. The fraction of sp³-hybridized carbons (Fsp3) is 0.235. The van der Waals surface area contributed by atoms with Crippen molar-refractivity contribution in [2.75, 3.05) is 19.8 Å². The van der Waals surface area contributed by atoms with E-state index in [-0.39, 0.29) is 18.9 Å². The van der Waals surface area contributed by atoms with Crippen molar-refractivity contribution in [2.45, 2.75) is 30.9 Å². The summed E-state index contributed by atoms with van der Waals surface area (Å²) in [6, 6.07) is 27.8. The normalized spacial score (nSPS) is 17.6. The highest BCUT2D eigenvalue weighted by molar-refractivity contribution is 9.10. The Kier molecular flexibility index (Phi) is 10.9. The first-order valence-corrected chi connectivity index (χ1v) is 16.0. The van der Waals surface area contributed by atoms with Crippen LogP contribution in [-0.4, -0.2) is 42.2 Å². The van der Waals surface area contributed by atoms with Crippen molar-refractivity contribution in [3.8, 4) is 5.75 Å². The third-order valence-corrected chi connectivity index (χ3v) is 8.58. The van der Waals surface area contributed by atoms with E-state index in [1.54, 1.807) is 18.2 Å². The van der Waals surface area contributed by atoms with Crippen LogP contribution in [-0.2, 0) is 22.4 Å². The zero-order valence-corrected chi connectivity index (χ0v) is 27.5. The number of hydrogen-bond donors (Lipinski definition) is 2. The molecule has 0 bridgehead atoms. The zero-order valence-electron chi connectivity index (χ0n) is 23.6. The second-order valence-corrected chi connectivity index (χ2v) is 12.6. The molecule has 1 aliphatic heterocycles. The molecule has 4 aromatic rings. The molecule has 0 fully saturated rings. The molecule has 1 aliphatic rings. The molecule has 10 heteroatoms. The second kappa shape index (κ2) is 14.8. The molecule has 0 aromatic heterocycles. The average Bonchev–Trinajstić information content (AvgIpc) is 3.39. The Morgan fingerprint density at radius 2 is 1.70 bits per heavy atom. The number of aliphatic imine (C=N–C) groups is 1. The predicted molar refractivity (Wildman–Crippen MR) is 179 cm³/mol. The number of benzene rings is 4. The van der Waals surface area contributed by atoms with Crippen molar-refractivity contribution < 1.29 is 19.4 Å². The van der Waals surface area contributed by atoms with Gasteiger partial charge in [0.15, 0.2) is 11.6 Å². The lowest BCUT2D eigenvalue weighted by Gasteiger charge is -2.31. The lowest BCUT2D eigenvalue weighted by molar-refractivity contribution is -0.128. The van der Waals surface area contributed by atoms with E-state index in [4.69, 9.17) is 54.4 Å². The fourth-order valence-corrected chi connectivity index (χ4v) is 6.04. The monoisotopic (exact) mass is 714 g/mol. The average molecular weight is 717 g/mol. The van der Waals surface area contributed by atoms with E-state index in [0.29, 0.717) is 63.8 Å². The molecule has 6 nitrogen and oxygen atoms in total. The molecule has 0 unspecified atom stereocenters. The van der Waals surface area contributed by atoms with E-state index in [9.17, 15) is 4.79 Å². The van der Waals surface area contributed by atoms with Gasteiger partial charge < -0.3 is 19.9 Å². The van der Waals surface area contributed by atoms with Gasteiger partial charge >= 0.3 is 0 Å². The summed E-state index contributed by atoms with van der Waals surface area (Å²) in [7, 11) is 0. The van der Waals surface area contributed by atoms with E-state index >= 15 is 0 Å². The third-order valence-electron chi connectivity index (χ3n) is 7.25. The largest absolute Gasteiger partial charge is 0.494 e. The number of rotatable bonds is 12. The smallest absolute Gasteiger partial charge is 0.252 e.